The molecule has 0 radical (unpaired) electrons. The topological polar surface area (TPSA) is 17.1 Å². The van der Waals surface area contributed by atoms with E-state index in [9.17, 15) is 4.79 Å². The first-order valence-corrected chi connectivity index (χ1v) is 7.30. The third kappa shape index (κ3) is 3.44. The van der Waals surface area contributed by atoms with Gasteiger partial charge in [-0.15, -0.1) is 0 Å². The lowest BCUT2D eigenvalue weighted by Gasteiger charge is -2.10. The van der Waals surface area contributed by atoms with Crippen molar-refractivity contribution in [1.29, 1.82) is 0 Å². The van der Waals surface area contributed by atoms with Crippen LogP contribution in [0.3, 0.4) is 0 Å². The lowest BCUT2D eigenvalue weighted by molar-refractivity contribution is 0.0974. The van der Waals surface area contributed by atoms with E-state index in [-0.39, 0.29) is 0 Å². The minimum atomic E-state index is 0.324. The summed E-state index contributed by atoms with van der Waals surface area (Å²) in [5.74, 6) is 1.62. The molecule has 18 heavy (non-hydrogen) atoms. The fourth-order valence-electron chi connectivity index (χ4n) is 2.85. The largest absolute Gasteiger partial charge is 0.294 e. The first kappa shape index (κ1) is 13.3. The molecule has 0 aliphatic heterocycles. The number of Topliss-reactive ketones (excluding diaryl/α,β-unsaturated/α-hetero) is 1. The van der Waals surface area contributed by atoms with Crippen molar-refractivity contribution in [3.8, 4) is 0 Å². The third-order valence-electron chi connectivity index (χ3n) is 4.13. The Bertz CT molecular complexity index is 400. The van der Waals surface area contributed by atoms with Crippen LogP contribution in [-0.4, -0.2) is 5.78 Å². The van der Waals surface area contributed by atoms with Gasteiger partial charge in [0.25, 0.3) is 0 Å². The molecule has 1 nitrogen and oxygen atoms in total. The highest BCUT2D eigenvalue weighted by Crippen LogP contribution is 2.29. The molecule has 1 aromatic rings. The van der Waals surface area contributed by atoms with Crippen LogP contribution in [0.15, 0.2) is 24.3 Å². The maximum atomic E-state index is 12.2. The Morgan fingerprint density at radius 2 is 2.00 bits per heavy atom. The number of rotatable bonds is 5. The number of carbonyl (C=O) groups is 1. The molecule has 1 heteroatoms. The summed E-state index contributed by atoms with van der Waals surface area (Å²) in [5.41, 5.74) is 2.17. The van der Waals surface area contributed by atoms with Gasteiger partial charge in [-0.2, -0.15) is 0 Å². The fraction of sp³-hybridized carbons (Fsp3) is 0.588. The van der Waals surface area contributed by atoms with Crippen molar-refractivity contribution in [3.63, 3.8) is 0 Å². The lowest BCUT2D eigenvalue weighted by atomic mass is 9.95. The Balaban J connectivity index is 1.93. The van der Waals surface area contributed by atoms with Gasteiger partial charge >= 0.3 is 0 Å². The van der Waals surface area contributed by atoms with Crippen molar-refractivity contribution < 1.29 is 4.79 Å². The number of ketones is 1. The maximum absolute atomic E-state index is 12.2. The van der Waals surface area contributed by atoms with Crippen LogP contribution in [0.2, 0.25) is 0 Å². The van der Waals surface area contributed by atoms with Crippen molar-refractivity contribution in [2.24, 2.45) is 5.92 Å². The number of hydrogen-bond donors (Lipinski definition) is 0. The van der Waals surface area contributed by atoms with E-state index in [0.29, 0.717) is 11.7 Å². The Labute approximate surface area is 111 Å². The zero-order valence-electron chi connectivity index (χ0n) is 11.6. The van der Waals surface area contributed by atoms with Crippen molar-refractivity contribution in [1.82, 2.24) is 0 Å². The number of hydrogen-bond acceptors (Lipinski definition) is 1. The van der Waals surface area contributed by atoms with Crippen molar-refractivity contribution in [3.05, 3.63) is 35.4 Å². The fourth-order valence-corrected chi connectivity index (χ4v) is 2.85. The van der Waals surface area contributed by atoms with Crippen LogP contribution < -0.4 is 0 Å². The molecule has 98 valence electrons. The second kappa shape index (κ2) is 6.17. The lowest BCUT2D eigenvalue weighted by Crippen LogP contribution is -2.03. The summed E-state index contributed by atoms with van der Waals surface area (Å²) in [6.07, 6.45) is 7.21. The van der Waals surface area contributed by atoms with Gasteiger partial charge in [0.05, 0.1) is 0 Å². The second-order valence-electron chi connectivity index (χ2n) is 5.89. The van der Waals surface area contributed by atoms with E-state index >= 15 is 0 Å². The van der Waals surface area contributed by atoms with E-state index in [2.05, 4.69) is 26.0 Å². The molecule has 0 atom stereocenters. The molecular formula is C17H24O. The summed E-state index contributed by atoms with van der Waals surface area (Å²) < 4.78 is 0. The van der Waals surface area contributed by atoms with Gasteiger partial charge in [0.2, 0.25) is 0 Å². The predicted octanol–water partition coefficient (Wildman–Crippen LogP) is 4.96. The Morgan fingerprint density at radius 3 is 2.67 bits per heavy atom. The minimum absolute atomic E-state index is 0.324. The van der Waals surface area contributed by atoms with E-state index < -0.39 is 0 Å². The van der Waals surface area contributed by atoms with E-state index in [1.54, 1.807) is 0 Å². The van der Waals surface area contributed by atoms with Crippen LogP contribution in [0.25, 0.3) is 0 Å². The molecule has 0 bridgehead atoms. The third-order valence-corrected chi connectivity index (χ3v) is 4.13. The molecule has 0 saturated heterocycles. The first-order chi connectivity index (χ1) is 8.66. The Hall–Kier alpha value is -1.11. The van der Waals surface area contributed by atoms with Crippen molar-refractivity contribution in [2.45, 2.75) is 58.3 Å². The van der Waals surface area contributed by atoms with E-state index in [1.807, 2.05) is 12.1 Å². The molecule has 0 N–H and O–H groups in total. The summed E-state index contributed by atoms with van der Waals surface area (Å²) in [6.45, 7) is 4.34. The molecule has 1 fully saturated rings. The molecule has 1 aromatic carbocycles. The maximum Gasteiger partial charge on any atom is 0.162 e. The van der Waals surface area contributed by atoms with Crippen LogP contribution in [0, 0.1) is 5.92 Å². The van der Waals surface area contributed by atoms with Gasteiger partial charge in [-0.25, -0.2) is 0 Å². The van der Waals surface area contributed by atoms with Gasteiger partial charge in [0, 0.05) is 12.0 Å². The molecule has 0 amide bonds. The van der Waals surface area contributed by atoms with Gasteiger partial charge in [-0.3, -0.25) is 4.79 Å². The normalized spacial score (nSPS) is 16.4. The Kier molecular flexibility index (Phi) is 4.57. The van der Waals surface area contributed by atoms with Crippen LogP contribution in [0.1, 0.15) is 74.2 Å². The minimum Gasteiger partial charge on any atom is -0.294 e. The highest BCUT2D eigenvalue weighted by Gasteiger charge is 2.17. The molecule has 1 aliphatic rings. The number of carbonyl (C=O) groups excluding carboxylic acids is 1. The number of benzene rings is 1. The predicted molar refractivity (Wildman–Crippen MR) is 76.1 cm³/mol. The van der Waals surface area contributed by atoms with Crippen LogP contribution >= 0.6 is 0 Å². The molecule has 1 saturated carbocycles. The highest BCUT2D eigenvalue weighted by atomic mass is 16.1. The van der Waals surface area contributed by atoms with E-state index in [4.69, 9.17) is 0 Å². The zero-order valence-corrected chi connectivity index (χ0v) is 11.6. The average Bonchev–Trinajstić information content (AvgIpc) is 2.89. The van der Waals surface area contributed by atoms with Crippen molar-refractivity contribution in [2.75, 3.05) is 0 Å². The van der Waals surface area contributed by atoms with E-state index in [0.717, 1.165) is 24.3 Å². The first-order valence-electron chi connectivity index (χ1n) is 7.30. The zero-order chi connectivity index (χ0) is 13.0. The summed E-state index contributed by atoms with van der Waals surface area (Å²) in [5, 5.41) is 0. The summed E-state index contributed by atoms with van der Waals surface area (Å²) in [7, 11) is 0. The quantitative estimate of drug-likeness (QED) is 0.669. The van der Waals surface area contributed by atoms with Crippen molar-refractivity contribution >= 4 is 5.78 Å². The van der Waals surface area contributed by atoms with Gasteiger partial charge in [0.1, 0.15) is 0 Å². The van der Waals surface area contributed by atoms with Gasteiger partial charge in [-0.05, 0) is 29.9 Å². The average molecular weight is 244 g/mol. The van der Waals surface area contributed by atoms with Crippen LogP contribution in [-0.2, 0) is 0 Å². The molecule has 0 heterocycles. The van der Waals surface area contributed by atoms with Gasteiger partial charge in [-0.1, -0.05) is 57.7 Å². The van der Waals surface area contributed by atoms with E-state index in [1.165, 1.54) is 31.2 Å². The summed E-state index contributed by atoms with van der Waals surface area (Å²) in [6, 6.07) is 8.15. The highest BCUT2D eigenvalue weighted by molar-refractivity contribution is 5.96. The molecule has 1 aliphatic carbocycles. The molecule has 0 aromatic heterocycles. The molecular weight excluding hydrogens is 220 g/mol. The van der Waals surface area contributed by atoms with Crippen LogP contribution in [0.4, 0.5) is 0 Å². The van der Waals surface area contributed by atoms with Crippen LogP contribution in [0.5, 0.6) is 0 Å². The molecule has 0 unspecified atom stereocenters. The summed E-state index contributed by atoms with van der Waals surface area (Å²) in [4.78, 5) is 12.2. The smallest absolute Gasteiger partial charge is 0.162 e. The van der Waals surface area contributed by atoms with Gasteiger partial charge in [0.15, 0.2) is 5.78 Å². The second-order valence-corrected chi connectivity index (χ2v) is 5.89. The Morgan fingerprint density at radius 1 is 1.28 bits per heavy atom. The molecule has 2 rings (SSSR count). The van der Waals surface area contributed by atoms with Gasteiger partial charge < -0.3 is 0 Å². The summed E-state index contributed by atoms with van der Waals surface area (Å²) >= 11 is 0. The SMILES string of the molecule is CC(C)c1cccc(C(=O)CCC2CCCC2)c1. The molecule has 0 spiro atoms. The monoisotopic (exact) mass is 244 g/mol. The standard InChI is InChI=1S/C17H24O/c1-13(2)15-8-5-9-16(12-15)17(18)11-10-14-6-3-4-7-14/h5,8-9,12-14H,3-4,6-7,10-11H2,1-2H3.